The maximum atomic E-state index is 12.9. The van der Waals surface area contributed by atoms with Crippen LogP contribution < -0.4 is 4.74 Å². The molecule has 0 saturated carbocycles. The summed E-state index contributed by atoms with van der Waals surface area (Å²) in [5.41, 5.74) is 0.540. The van der Waals surface area contributed by atoms with Crippen LogP contribution in [-0.2, 0) is 6.42 Å². The van der Waals surface area contributed by atoms with Crippen molar-refractivity contribution in [3.05, 3.63) is 35.5 Å². The number of piperidine rings is 1. The number of aromatic amines is 1. The number of ether oxygens (including phenoxy) is 1. The standard InChI is InChI=1S/C19H27N5O2/c1-4-16-21-17(23-22-16)14-7-10-24(11-8-14)19(25)15-6-5-9-20-18(15)26-12-13(2)3/h5-6,9,13-14H,4,7-8,10-12H2,1-3H3,(H,21,22,23). The van der Waals surface area contributed by atoms with E-state index in [2.05, 4.69) is 40.9 Å². The Kier molecular flexibility index (Phi) is 5.85. The molecule has 1 N–H and O–H groups in total. The van der Waals surface area contributed by atoms with E-state index in [4.69, 9.17) is 4.74 Å². The van der Waals surface area contributed by atoms with E-state index in [-0.39, 0.29) is 5.91 Å². The highest BCUT2D eigenvalue weighted by molar-refractivity contribution is 5.96. The molecule has 1 amide bonds. The lowest BCUT2D eigenvalue weighted by molar-refractivity contribution is 0.0705. The zero-order valence-corrected chi connectivity index (χ0v) is 15.7. The first kappa shape index (κ1) is 18.4. The molecule has 2 aromatic heterocycles. The second-order valence-electron chi connectivity index (χ2n) is 7.12. The Hall–Kier alpha value is -2.44. The molecule has 1 saturated heterocycles. The van der Waals surface area contributed by atoms with E-state index in [1.807, 2.05) is 4.90 Å². The van der Waals surface area contributed by atoms with Crippen LogP contribution in [0.5, 0.6) is 5.88 Å². The van der Waals surface area contributed by atoms with E-state index in [9.17, 15) is 4.79 Å². The number of rotatable bonds is 6. The summed E-state index contributed by atoms with van der Waals surface area (Å²) in [6.07, 6.45) is 4.25. The first-order chi connectivity index (χ1) is 12.6. The highest BCUT2D eigenvalue weighted by atomic mass is 16.5. The average molecular weight is 357 g/mol. The normalized spacial score (nSPS) is 15.5. The van der Waals surface area contributed by atoms with Crippen LogP contribution in [0.25, 0.3) is 0 Å². The number of nitrogens with one attached hydrogen (secondary N) is 1. The number of pyridine rings is 1. The van der Waals surface area contributed by atoms with Crippen molar-refractivity contribution in [1.82, 2.24) is 25.1 Å². The van der Waals surface area contributed by atoms with Crippen molar-refractivity contribution in [3.63, 3.8) is 0 Å². The Labute approximate surface area is 154 Å². The molecule has 0 radical (unpaired) electrons. The van der Waals surface area contributed by atoms with Gasteiger partial charge in [0.1, 0.15) is 11.4 Å². The van der Waals surface area contributed by atoms with E-state index in [0.717, 1.165) is 30.9 Å². The minimum atomic E-state index is -0.0143. The zero-order valence-electron chi connectivity index (χ0n) is 15.7. The largest absolute Gasteiger partial charge is 0.477 e. The quantitative estimate of drug-likeness (QED) is 0.859. The maximum Gasteiger partial charge on any atom is 0.259 e. The van der Waals surface area contributed by atoms with Crippen molar-refractivity contribution >= 4 is 5.91 Å². The molecule has 3 heterocycles. The summed E-state index contributed by atoms with van der Waals surface area (Å²) >= 11 is 0. The minimum Gasteiger partial charge on any atom is -0.477 e. The number of H-pyrrole nitrogens is 1. The van der Waals surface area contributed by atoms with Gasteiger partial charge in [-0.2, -0.15) is 5.10 Å². The average Bonchev–Trinajstić information content (AvgIpc) is 3.15. The van der Waals surface area contributed by atoms with E-state index in [1.54, 1.807) is 18.3 Å². The Balaban J connectivity index is 1.63. The number of aromatic nitrogens is 4. The van der Waals surface area contributed by atoms with Crippen molar-refractivity contribution in [2.45, 2.75) is 46.0 Å². The first-order valence-corrected chi connectivity index (χ1v) is 9.36. The Morgan fingerprint density at radius 1 is 1.38 bits per heavy atom. The van der Waals surface area contributed by atoms with Crippen LogP contribution in [0.2, 0.25) is 0 Å². The van der Waals surface area contributed by atoms with Gasteiger partial charge >= 0.3 is 0 Å². The van der Waals surface area contributed by atoms with Crippen LogP contribution in [0.3, 0.4) is 0 Å². The SMILES string of the molecule is CCc1nc(C2CCN(C(=O)c3cccnc3OCC(C)C)CC2)n[nH]1. The molecule has 0 aromatic carbocycles. The Morgan fingerprint density at radius 2 is 2.15 bits per heavy atom. The summed E-state index contributed by atoms with van der Waals surface area (Å²) in [6.45, 7) is 8.13. The van der Waals surface area contributed by atoms with E-state index in [0.29, 0.717) is 43.0 Å². The highest BCUT2D eigenvalue weighted by Crippen LogP contribution is 2.27. The van der Waals surface area contributed by atoms with Crippen molar-refractivity contribution in [2.75, 3.05) is 19.7 Å². The molecular weight excluding hydrogens is 330 g/mol. The molecule has 1 aliphatic heterocycles. The molecule has 140 valence electrons. The van der Waals surface area contributed by atoms with Gasteiger partial charge < -0.3 is 9.64 Å². The fraction of sp³-hybridized carbons (Fsp3) is 0.579. The molecule has 0 bridgehead atoms. The van der Waals surface area contributed by atoms with Crippen molar-refractivity contribution in [1.29, 1.82) is 0 Å². The van der Waals surface area contributed by atoms with Gasteiger partial charge in [-0.1, -0.05) is 20.8 Å². The molecule has 0 aliphatic carbocycles. The van der Waals surface area contributed by atoms with Crippen molar-refractivity contribution < 1.29 is 9.53 Å². The summed E-state index contributed by atoms with van der Waals surface area (Å²) < 4.78 is 5.73. The second-order valence-corrected chi connectivity index (χ2v) is 7.12. The van der Waals surface area contributed by atoms with E-state index >= 15 is 0 Å². The van der Waals surface area contributed by atoms with Gasteiger partial charge in [0.15, 0.2) is 5.82 Å². The van der Waals surface area contributed by atoms with Crippen LogP contribution in [0.15, 0.2) is 18.3 Å². The molecule has 1 aliphatic rings. The number of nitrogens with zero attached hydrogens (tertiary/aromatic N) is 4. The lowest BCUT2D eigenvalue weighted by Crippen LogP contribution is -2.38. The smallest absolute Gasteiger partial charge is 0.259 e. The van der Waals surface area contributed by atoms with Gasteiger partial charge in [-0.3, -0.25) is 9.89 Å². The zero-order chi connectivity index (χ0) is 18.5. The topological polar surface area (TPSA) is 84.0 Å². The molecule has 26 heavy (non-hydrogen) atoms. The fourth-order valence-corrected chi connectivity index (χ4v) is 3.08. The molecular formula is C19H27N5O2. The third kappa shape index (κ3) is 4.20. The highest BCUT2D eigenvalue weighted by Gasteiger charge is 2.28. The lowest BCUT2D eigenvalue weighted by Gasteiger charge is -2.31. The Morgan fingerprint density at radius 3 is 2.81 bits per heavy atom. The van der Waals surface area contributed by atoms with Gasteiger partial charge in [-0.15, -0.1) is 0 Å². The summed E-state index contributed by atoms with van der Waals surface area (Å²) in [4.78, 5) is 23.6. The van der Waals surface area contributed by atoms with Crippen molar-refractivity contribution in [2.24, 2.45) is 5.92 Å². The molecule has 1 fully saturated rings. The number of carbonyl (C=O) groups is 1. The molecule has 7 nitrogen and oxygen atoms in total. The van der Waals surface area contributed by atoms with Crippen LogP contribution >= 0.6 is 0 Å². The Bertz CT molecular complexity index is 735. The molecule has 3 rings (SSSR count). The number of hydrogen-bond acceptors (Lipinski definition) is 5. The number of amides is 1. The maximum absolute atomic E-state index is 12.9. The van der Waals surface area contributed by atoms with Gasteiger partial charge in [-0.25, -0.2) is 9.97 Å². The van der Waals surface area contributed by atoms with Crippen LogP contribution in [0.1, 0.15) is 61.5 Å². The molecule has 7 heteroatoms. The second kappa shape index (κ2) is 8.29. The summed E-state index contributed by atoms with van der Waals surface area (Å²) in [6, 6.07) is 3.57. The molecule has 2 aromatic rings. The summed E-state index contributed by atoms with van der Waals surface area (Å²) in [5.74, 6) is 2.89. The third-order valence-corrected chi connectivity index (χ3v) is 4.59. The van der Waals surface area contributed by atoms with E-state index in [1.165, 1.54) is 0 Å². The predicted octanol–water partition coefficient (Wildman–Crippen LogP) is 2.82. The number of carbonyl (C=O) groups excluding carboxylic acids is 1. The third-order valence-electron chi connectivity index (χ3n) is 4.59. The van der Waals surface area contributed by atoms with Gasteiger partial charge in [0.05, 0.1) is 6.61 Å². The summed E-state index contributed by atoms with van der Waals surface area (Å²) in [5, 5.41) is 7.30. The van der Waals surface area contributed by atoms with Crippen LogP contribution in [0, 0.1) is 5.92 Å². The van der Waals surface area contributed by atoms with Gasteiger partial charge in [0, 0.05) is 31.6 Å². The number of likely N-dealkylation sites (tertiary alicyclic amines) is 1. The summed E-state index contributed by atoms with van der Waals surface area (Å²) in [7, 11) is 0. The molecule has 0 spiro atoms. The first-order valence-electron chi connectivity index (χ1n) is 9.36. The lowest BCUT2D eigenvalue weighted by atomic mass is 9.95. The number of aryl methyl sites for hydroxylation is 1. The van der Waals surface area contributed by atoms with Crippen LogP contribution in [-0.4, -0.2) is 50.7 Å². The van der Waals surface area contributed by atoms with Crippen molar-refractivity contribution in [3.8, 4) is 5.88 Å². The molecule has 0 unspecified atom stereocenters. The van der Waals surface area contributed by atoms with Gasteiger partial charge in [0.25, 0.3) is 5.91 Å². The molecule has 0 atom stereocenters. The van der Waals surface area contributed by atoms with Crippen LogP contribution in [0.4, 0.5) is 0 Å². The van der Waals surface area contributed by atoms with E-state index < -0.39 is 0 Å². The minimum absolute atomic E-state index is 0.0143. The number of hydrogen-bond donors (Lipinski definition) is 1. The monoisotopic (exact) mass is 357 g/mol. The fourth-order valence-electron chi connectivity index (χ4n) is 3.08. The van der Waals surface area contributed by atoms with Gasteiger partial charge in [0.2, 0.25) is 5.88 Å². The predicted molar refractivity (Wildman–Crippen MR) is 98.2 cm³/mol. The van der Waals surface area contributed by atoms with Gasteiger partial charge in [-0.05, 0) is 30.9 Å².